The van der Waals surface area contributed by atoms with E-state index in [-0.39, 0.29) is 0 Å². The lowest BCUT2D eigenvalue weighted by molar-refractivity contribution is 1.29. The SMILES string of the molecule is c1ccc(-c2ccc(N(c3ccc(-c4cccc(-c5c(-c6ccccc6)cc(-c6ccccc6)cc5-c5ccccc5)c4)cc3)c3ccc4c(ccc5ccccc54)c3)cc2)cc1. The van der Waals surface area contributed by atoms with E-state index in [0.717, 1.165) is 22.6 Å². The van der Waals surface area contributed by atoms with Crippen molar-refractivity contribution in [1.82, 2.24) is 0 Å². The van der Waals surface area contributed by atoms with Crippen molar-refractivity contribution in [2.45, 2.75) is 0 Å². The molecular weight excluding hydrogens is 759 g/mol. The summed E-state index contributed by atoms with van der Waals surface area (Å²) in [6, 6.07) is 94.7. The first-order valence-electron chi connectivity index (χ1n) is 21.7. The van der Waals surface area contributed by atoms with E-state index in [2.05, 4.69) is 266 Å². The van der Waals surface area contributed by atoms with E-state index in [4.69, 9.17) is 0 Å². The van der Waals surface area contributed by atoms with E-state index in [1.807, 2.05) is 0 Å². The highest BCUT2D eigenvalue weighted by Gasteiger charge is 2.19. The van der Waals surface area contributed by atoms with Crippen molar-refractivity contribution in [3.05, 3.63) is 261 Å². The highest BCUT2D eigenvalue weighted by Crippen LogP contribution is 2.45. The molecule has 1 heteroatoms. The van der Waals surface area contributed by atoms with Crippen molar-refractivity contribution in [1.29, 1.82) is 0 Å². The van der Waals surface area contributed by atoms with Crippen LogP contribution in [0.2, 0.25) is 0 Å². The molecule has 11 aromatic rings. The van der Waals surface area contributed by atoms with Gasteiger partial charge in [0, 0.05) is 17.1 Å². The third-order valence-corrected chi connectivity index (χ3v) is 12.2. The van der Waals surface area contributed by atoms with Crippen molar-refractivity contribution >= 4 is 38.6 Å². The van der Waals surface area contributed by atoms with Crippen LogP contribution in [-0.4, -0.2) is 0 Å². The maximum atomic E-state index is 2.37. The zero-order valence-corrected chi connectivity index (χ0v) is 34.8. The van der Waals surface area contributed by atoms with Gasteiger partial charge in [0.25, 0.3) is 0 Å². The number of benzene rings is 11. The van der Waals surface area contributed by atoms with Gasteiger partial charge in [-0.15, -0.1) is 0 Å². The molecule has 0 saturated heterocycles. The van der Waals surface area contributed by atoms with E-state index in [1.165, 1.54) is 82.7 Å². The lowest BCUT2D eigenvalue weighted by atomic mass is 9.84. The Hall–Kier alpha value is -8.26. The predicted octanol–water partition coefficient (Wildman–Crippen LogP) is 17.5. The molecule has 0 aliphatic carbocycles. The van der Waals surface area contributed by atoms with Crippen LogP contribution in [-0.2, 0) is 0 Å². The Bertz CT molecular complexity index is 3280. The fraction of sp³-hybridized carbons (Fsp3) is 0. The van der Waals surface area contributed by atoms with E-state index in [9.17, 15) is 0 Å². The molecule has 11 aromatic carbocycles. The molecule has 0 unspecified atom stereocenters. The summed E-state index contributed by atoms with van der Waals surface area (Å²) in [7, 11) is 0. The van der Waals surface area contributed by atoms with Crippen molar-refractivity contribution in [2.75, 3.05) is 4.90 Å². The van der Waals surface area contributed by atoms with Crippen LogP contribution in [0.25, 0.3) is 88.3 Å². The molecule has 0 bridgehead atoms. The number of nitrogens with zero attached hydrogens (tertiary/aromatic N) is 1. The maximum Gasteiger partial charge on any atom is 0.0468 e. The predicted molar refractivity (Wildman–Crippen MR) is 269 cm³/mol. The smallest absolute Gasteiger partial charge is 0.0468 e. The second kappa shape index (κ2) is 16.7. The highest BCUT2D eigenvalue weighted by atomic mass is 15.1. The summed E-state index contributed by atoms with van der Waals surface area (Å²) in [5, 5.41) is 4.99. The van der Waals surface area contributed by atoms with Crippen LogP contribution in [0.3, 0.4) is 0 Å². The molecule has 0 aromatic heterocycles. The molecule has 0 fully saturated rings. The summed E-state index contributed by atoms with van der Waals surface area (Å²) in [5.74, 6) is 0. The third-order valence-electron chi connectivity index (χ3n) is 12.2. The van der Waals surface area contributed by atoms with Gasteiger partial charge >= 0.3 is 0 Å². The number of hydrogen-bond acceptors (Lipinski definition) is 1. The van der Waals surface area contributed by atoms with Gasteiger partial charge in [0.05, 0.1) is 0 Å². The van der Waals surface area contributed by atoms with Gasteiger partial charge in [0.2, 0.25) is 0 Å². The summed E-state index contributed by atoms with van der Waals surface area (Å²) in [4.78, 5) is 2.37. The summed E-state index contributed by atoms with van der Waals surface area (Å²) >= 11 is 0. The van der Waals surface area contributed by atoms with Gasteiger partial charge < -0.3 is 4.90 Å². The van der Waals surface area contributed by atoms with E-state index in [1.54, 1.807) is 0 Å². The lowest BCUT2D eigenvalue weighted by Crippen LogP contribution is -2.09. The quantitative estimate of drug-likeness (QED) is 0.131. The van der Waals surface area contributed by atoms with Gasteiger partial charge in [-0.05, 0) is 143 Å². The van der Waals surface area contributed by atoms with Crippen molar-refractivity contribution in [2.24, 2.45) is 0 Å². The average molecular weight is 802 g/mol. The van der Waals surface area contributed by atoms with Crippen LogP contribution in [0.4, 0.5) is 17.1 Å². The zero-order valence-electron chi connectivity index (χ0n) is 34.8. The second-order valence-electron chi connectivity index (χ2n) is 16.1. The molecule has 296 valence electrons. The molecule has 63 heavy (non-hydrogen) atoms. The number of rotatable bonds is 9. The van der Waals surface area contributed by atoms with Gasteiger partial charge in [-0.2, -0.15) is 0 Å². The molecule has 0 spiro atoms. The van der Waals surface area contributed by atoms with Crippen LogP contribution in [0.15, 0.2) is 261 Å². The number of hydrogen-bond donors (Lipinski definition) is 0. The fourth-order valence-electron chi connectivity index (χ4n) is 9.12. The minimum atomic E-state index is 1.09. The van der Waals surface area contributed by atoms with Gasteiger partial charge in [-0.3, -0.25) is 0 Å². The highest BCUT2D eigenvalue weighted by molar-refractivity contribution is 6.08. The first-order chi connectivity index (χ1) is 31.2. The standard InChI is InChI=1S/C62H43N/c1-5-16-44(17-6-1)46-30-34-55(35-31-46)63(57-38-39-59-52(41-57)29-28-50-24-13-14-27-58(50)59)56-36-32-47(33-37-56)51-25-15-26-53(40-51)62-60(48-20-9-3-10-21-48)42-54(45-18-7-2-8-19-45)43-61(62)49-22-11-4-12-23-49/h1-43H. The van der Waals surface area contributed by atoms with Crippen LogP contribution in [0.1, 0.15) is 0 Å². The first kappa shape index (κ1) is 37.7. The molecule has 0 radical (unpaired) electrons. The Morgan fingerprint density at radius 2 is 0.619 bits per heavy atom. The lowest BCUT2D eigenvalue weighted by Gasteiger charge is -2.26. The summed E-state index contributed by atoms with van der Waals surface area (Å²) < 4.78 is 0. The normalized spacial score (nSPS) is 11.2. The molecule has 0 N–H and O–H groups in total. The van der Waals surface area contributed by atoms with Gasteiger partial charge in [0.1, 0.15) is 0 Å². The maximum absolute atomic E-state index is 2.37. The molecule has 0 aliphatic rings. The van der Waals surface area contributed by atoms with Gasteiger partial charge in [0.15, 0.2) is 0 Å². The van der Waals surface area contributed by atoms with Crippen molar-refractivity contribution < 1.29 is 0 Å². The molecule has 0 aliphatic heterocycles. The minimum absolute atomic E-state index is 1.09. The third kappa shape index (κ3) is 7.47. The molecule has 11 rings (SSSR count). The van der Waals surface area contributed by atoms with Crippen LogP contribution >= 0.6 is 0 Å². The first-order valence-corrected chi connectivity index (χ1v) is 21.7. The molecule has 0 saturated carbocycles. The average Bonchev–Trinajstić information content (AvgIpc) is 3.37. The number of anilines is 3. The van der Waals surface area contributed by atoms with Crippen molar-refractivity contribution in [3.63, 3.8) is 0 Å². The van der Waals surface area contributed by atoms with E-state index >= 15 is 0 Å². The Labute approximate surface area is 369 Å². The molecular formula is C62H43N. The van der Waals surface area contributed by atoms with Gasteiger partial charge in [-0.1, -0.05) is 206 Å². The van der Waals surface area contributed by atoms with Crippen LogP contribution in [0, 0.1) is 0 Å². The monoisotopic (exact) mass is 801 g/mol. The fourth-order valence-corrected chi connectivity index (χ4v) is 9.12. The summed E-state index contributed by atoms with van der Waals surface area (Å²) in [6.45, 7) is 0. The zero-order chi connectivity index (χ0) is 42.0. The molecule has 0 heterocycles. The Morgan fingerprint density at radius 3 is 1.21 bits per heavy atom. The second-order valence-corrected chi connectivity index (χ2v) is 16.1. The van der Waals surface area contributed by atoms with Crippen LogP contribution in [0.5, 0.6) is 0 Å². The minimum Gasteiger partial charge on any atom is -0.310 e. The molecule has 0 atom stereocenters. The topological polar surface area (TPSA) is 3.24 Å². The van der Waals surface area contributed by atoms with E-state index < -0.39 is 0 Å². The summed E-state index contributed by atoms with van der Waals surface area (Å²) in [6.07, 6.45) is 0. The van der Waals surface area contributed by atoms with Crippen LogP contribution < -0.4 is 4.90 Å². The van der Waals surface area contributed by atoms with E-state index in [0.29, 0.717) is 0 Å². The Kier molecular flexibility index (Phi) is 9.97. The molecule has 0 amide bonds. The number of fused-ring (bicyclic) bond motifs is 3. The molecule has 1 nitrogen and oxygen atoms in total. The Balaban J connectivity index is 1.02. The summed E-state index contributed by atoms with van der Waals surface area (Å²) in [5.41, 5.74) is 17.6. The Morgan fingerprint density at radius 1 is 0.206 bits per heavy atom. The largest absolute Gasteiger partial charge is 0.310 e. The van der Waals surface area contributed by atoms with Gasteiger partial charge in [-0.25, -0.2) is 0 Å². The van der Waals surface area contributed by atoms with Crippen molar-refractivity contribution in [3.8, 4) is 66.8 Å².